The number of hydrogen-bond donors (Lipinski definition) is 1. The number of nitrogens with one attached hydrogen (secondary N) is 1. The highest BCUT2D eigenvalue weighted by Gasteiger charge is 2.25. The van der Waals surface area contributed by atoms with E-state index in [0.29, 0.717) is 5.88 Å². The van der Waals surface area contributed by atoms with E-state index in [0.717, 1.165) is 5.69 Å². The van der Waals surface area contributed by atoms with Crippen LogP contribution in [0.3, 0.4) is 0 Å². The predicted octanol–water partition coefficient (Wildman–Crippen LogP) is 1.26. The van der Waals surface area contributed by atoms with Gasteiger partial charge in [-0.15, -0.1) is 0 Å². The molecule has 9 nitrogen and oxygen atoms in total. The van der Waals surface area contributed by atoms with Crippen molar-refractivity contribution in [3.63, 3.8) is 0 Å². The van der Waals surface area contributed by atoms with Crippen molar-refractivity contribution < 1.29 is 9.66 Å². The van der Waals surface area contributed by atoms with Crippen molar-refractivity contribution in [1.82, 2.24) is 19.7 Å². The van der Waals surface area contributed by atoms with E-state index in [1.807, 2.05) is 0 Å². The molecule has 0 fully saturated rings. The molecule has 2 aromatic heterocycles. The van der Waals surface area contributed by atoms with Crippen LogP contribution in [-0.4, -0.2) is 31.7 Å². The van der Waals surface area contributed by atoms with Crippen molar-refractivity contribution in [2.75, 3.05) is 12.4 Å². The molecule has 0 aliphatic rings. The van der Waals surface area contributed by atoms with Crippen LogP contribution in [0.4, 0.5) is 11.5 Å². The van der Waals surface area contributed by atoms with Crippen LogP contribution in [0.5, 0.6) is 11.8 Å². The Kier molecular flexibility index (Phi) is 3.27. The quantitative estimate of drug-likeness (QED) is 0.654. The van der Waals surface area contributed by atoms with Crippen molar-refractivity contribution >= 4 is 11.5 Å². The van der Waals surface area contributed by atoms with E-state index in [4.69, 9.17) is 4.74 Å². The molecule has 2 rings (SSSR count). The highest BCUT2D eigenvalue weighted by atomic mass is 16.6. The second kappa shape index (κ2) is 4.88. The van der Waals surface area contributed by atoms with Gasteiger partial charge in [-0.2, -0.15) is 10.1 Å². The highest BCUT2D eigenvalue weighted by Crippen LogP contribution is 2.33. The number of anilines is 1. The summed E-state index contributed by atoms with van der Waals surface area (Å²) in [6.45, 7) is 1.79. The zero-order chi connectivity index (χ0) is 14.0. The lowest BCUT2D eigenvalue weighted by Gasteiger charge is -2.06. The van der Waals surface area contributed by atoms with Crippen LogP contribution in [0, 0.1) is 17.0 Å². The summed E-state index contributed by atoms with van der Waals surface area (Å²) in [5, 5.41) is 17.8. The average Bonchev–Trinajstić information content (AvgIpc) is 2.67. The third-order valence-corrected chi connectivity index (χ3v) is 2.37. The Morgan fingerprint density at radius 2 is 2.21 bits per heavy atom. The Hall–Kier alpha value is -2.71. The second-order valence-electron chi connectivity index (χ2n) is 3.73. The number of nitro groups is 1. The minimum Gasteiger partial charge on any atom is -0.415 e. The first-order valence-corrected chi connectivity index (χ1v) is 5.38. The molecule has 19 heavy (non-hydrogen) atoms. The Morgan fingerprint density at radius 1 is 1.47 bits per heavy atom. The standard InChI is InChI=1S/C10H12N6O3/c1-6-4-7(15(3)14-6)19-10-8(16(17)18)9(11-2)12-5-13-10/h4-5H,1-3H3,(H,11,12,13). The van der Waals surface area contributed by atoms with Gasteiger partial charge in [0.15, 0.2) is 0 Å². The molecule has 100 valence electrons. The third kappa shape index (κ3) is 2.44. The highest BCUT2D eigenvalue weighted by molar-refractivity contribution is 5.61. The molecule has 0 atom stereocenters. The van der Waals surface area contributed by atoms with Crippen molar-refractivity contribution in [3.05, 3.63) is 28.2 Å². The zero-order valence-corrected chi connectivity index (χ0v) is 10.6. The summed E-state index contributed by atoms with van der Waals surface area (Å²) < 4.78 is 6.91. The molecule has 0 amide bonds. The fourth-order valence-electron chi connectivity index (χ4n) is 1.57. The normalized spacial score (nSPS) is 10.3. The zero-order valence-electron chi connectivity index (χ0n) is 10.6. The molecule has 9 heteroatoms. The molecular weight excluding hydrogens is 252 g/mol. The van der Waals surface area contributed by atoms with Crippen molar-refractivity contribution in [1.29, 1.82) is 0 Å². The summed E-state index contributed by atoms with van der Waals surface area (Å²) in [6.07, 6.45) is 1.19. The van der Waals surface area contributed by atoms with Crippen LogP contribution in [-0.2, 0) is 7.05 Å². The number of hydrogen-bond acceptors (Lipinski definition) is 7. The summed E-state index contributed by atoms with van der Waals surface area (Å²) in [4.78, 5) is 18.1. The van der Waals surface area contributed by atoms with E-state index in [-0.39, 0.29) is 17.4 Å². The average molecular weight is 264 g/mol. The van der Waals surface area contributed by atoms with Gasteiger partial charge in [-0.25, -0.2) is 9.67 Å². The maximum Gasteiger partial charge on any atom is 0.373 e. The van der Waals surface area contributed by atoms with E-state index in [2.05, 4.69) is 20.4 Å². The van der Waals surface area contributed by atoms with Gasteiger partial charge in [0.2, 0.25) is 11.7 Å². The van der Waals surface area contributed by atoms with Crippen LogP contribution in [0.15, 0.2) is 12.4 Å². The van der Waals surface area contributed by atoms with Crippen molar-refractivity contribution in [3.8, 4) is 11.8 Å². The van der Waals surface area contributed by atoms with Gasteiger partial charge in [-0.3, -0.25) is 10.1 Å². The third-order valence-electron chi connectivity index (χ3n) is 2.37. The summed E-state index contributed by atoms with van der Waals surface area (Å²) in [6, 6.07) is 1.66. The SMILES string of the molecule is CNc1ncnc(Oc2cc(C)nn2C)c1[N+](=O)[O-]. The number of aryl methyl sites for hydroxylation is 2. The molecular formula is C10H12N6O3. The Labute approximate surface area is 108 Å². The van der Waals surface area contributed by atoms with Crippen LogP contribution in [0.1, 0.15) is 5.69 Å². The monoisotopic (exact) mass is 264 g/mol. The van der Waals surface area contributed by atoms with E-state index in [9.17, 15) is 10.1 Å². The minimum atomic E-state index is -0.593. The lowest BCUT2D eigenvalue weighted by atomic mass is 10.4. The summed E-state index contributed by atoms with van der Waals surface area (Å²) in [7, 11) is 3.21. The molecule has 0 radical (unpaired) electrons. The van der Waals surface area contributed by atoms with Gasteiger partial charge in [-0.1, -0.05) is 0 Å². The van der Waals surface area contributed by atoms with E-state index in [1.54, 1.807) is 20.0 Å². The number of rotatable bonds is 4. The summed E-state index contributed by atoms with van der Waals surface area (Å²) >= 11 is 0. The maximum absolute atomic E-state index is 11.1. The lowest BCUT2D eigenvalue weighted by molar-refractivity contribution is -0.385. The van der Waals surface area contributed by atoms with Crippen LogP contribution in [0.25, 0.3) is 0 Å². The number of nitrogens with zero attached hydrogens (tertiary/aromatic N) is 5. The van der Waals surface area contributed by atoms with Gasteiger partial charge in [0.25, 0.3) is 0 Å². The molecule has 1 N–H and O–H groups in total. The van der Waals surface area contributed by atoms with Crippen LogP contribution in [0.2, 0.25) is 0 Å². The Morgan fingerprint density at radius 3 is 2.74 bits per heavy atom. The topological polar surface area (TPSA) is 108 Å². The molecule has 0 unspecified atom stereocenters. The first-order valence-electron chi connectivity index (χ1n) is 5.38. The van der Waals surface area contributed by atoms with Crippen molar-refractivity contribution in [2.45, 2.75) is 6.92 Å². The Bertz CT molecular complexity index is 624. The fraction of sp³-hybridized carbons (Fsp3) is 0.300. The second-order valence-corrected chi connectivity index (χ2v) is 3.73. The van der Waals surface area contributed by atoms with Gasteiger partial charge < -0.3 is 10.1 Å². The molecule has 0 aromatic carbocycles. The van der Waals surface area contributed by atoms with Gasteiger partial charge in [0, 0.05) is 20.2 Å². The predicted molar refractivity (Wildman–Crippen MR) is 66.3 cm³/mol. The fourth-order valence-corrected chi connectivity index (χ4v) is 1.57. The lowest BCUT2D eigenvalue weighted by Crippen LogP contribution is -2.04. The van der Waals surface area contributed by atoms with Crippen molar-refractivity contribution in [2.24, 2.45) is 7.05 Å². The molecule has 0 spiro atoms. The smallest absolute Gasteiger partial charge is 0.373 e. The van der Waals surface area contributed by atoms with E-state index in [1.165, 1.54) is 18.1 Å². The molecule has 0 saturated heterocycles. The maximum atomic E-state index is 11.1. The number of ether oxygens (including phenoxy) is 1. The van der Waals surface area contributed by atoms with Gasteiger partial charge in [0.05, 0.1) is 10.6 Å². The minimum absolute atomic E-state index is 0.0916. The summed E-state index contributed by atoms with van der Waals surface area (Å²) in [5.74, 6) is 0.322. The first kappa shape index (κ1) is 12.7. The largest absolute Gasteiger partial charge is 0.415 e. The molecule has 0 aliphatic heterocycles. The molecule has 2 heterocycles. The number of aromatic nitrogens is 4. The van der Waals surface area contributed by atoms with Crippen LogP contribution >= 0.6 is 0 Å². The van der Waals surface area contributed by atoms with E-state index >= 15 is 0 Å². The first-order chi connectivity index (χ1) is 9.02. The molecule has 2 aromatic rings. The molecule has 0 bridgehead atoms. The molecule has 0 aliphatic carbocycles. The van der Waals surface area contributed by atoms with Gasteiger partial charge in [-0.05, 0) is 6.92 Å². The molecule has 0 saturated carbocycles. The van der Waals surface area contributed by atoms with Crippen LogP contribution < -0.4 is 10.1 Å². The van der Waals surface area contributed by atoms with E-state index < -0.39 is 4.92 Å². The van der Waals surface area contributed by atoms with Gasteiger partial charge in [0.1, 0.15) is 6.33 Å². The van der Waals surface area contributed by atoms with Gasteiger partial charge >= 0.3 is 11.6 Å². The summed E-state index contributed by atoms with van der Waals surface area (Å²) in [5.41, 5.74) is 0.423. The Balaban J connectivity index is 2.45.